The second-order valence-electron chi connectivity index (χ2n) is 5.75. The number of benzene rings is 3. The van der Waals surface area contributed by atoms with Gasteiger partial charge in [0.1, 0.15) is 5.75 Å². The van der Waals surface area contributed by atoms with Gasteiger partial charge < -0.3 is 4.74 Å². The molecule has 1 nitrogen and oxygen atoms in total. The maximum Gasteiger partial charge on any atom is 0.122 e. The molecule has 0 N–H and O–H groups in total. The van der Waals surface area contributed by atoms with Crippen molar-refractivity contribution in [2.45, 2.75) is 19.3 Å². The lowest BCUT2D eigenvalue weighted by molar-refractivity contribution is 0.410. The Kier molecular flexibility index (Phi) is 5.10. The smallest absolute Gasteiger partial charge is 0.122 e. The van der Waals surface area contributed by atoms with Gasteiger partial charge in [0.2, 0.25) is 0 Å². The van der Waals surface area contributed by atoms with Crippen LogP contribution in [0.2, 0.25) is 0 Å². The van der Waals surface area contributed by atoms with Crippen LogP contribution in [0.15, 0.2) is 78.9 Å². The first-order valence-electron chi connectivity index (χ1n) is 8.09. The van der Waals surface area contributed by atoms with Crippen LogP contribution < -0.4 is 4.74 Å². The molecule has 0 unspecified atom stereocenters. The van der Waals surface area contributed by atoms with Crippen LogP contribution in [0.25, 0.3) is 0 Å². The minimum Gasteiger partial charge on any atom is -0.496 e. The van der Waals surface area contributed by atoms with E-state index in [-0.39, 0.29) is 0 Å². The zero-order valence-electron chi connectivity index (χ0n) is 13.5. The molecule has 0 saturated carbocycles. The van der Waals surface area contributed by atoms with Crippen molar-refractivity contribution in [2.75, 3.05) is 7.11 Å². The normalized spacial score (nSPS) is 10.5. The van der Waals surface area contributed by atoms with Crippen molar-refractivity contribution in [3.8, 4) is 5.75 Å². The molecule has 0 aromatic heterocycles. The number of hydrogen-bond acceptors (Lipinski definition) is 1. The van der Waals surface area contributed by atoms with Crippen LogP contribution in [-0.4, -0.2) is 7.11 Å². The molecule has 1 heteroatoms. The fourth-order valence-corrected chi connectivity index (χ4v) is 2.96. The van der Waals surface area contributed by atoms with Gasteiger partial charge in [0, 0.05) is 12.0 Å². The highest BCUT2D eigenvalue weighted by atomic mass is 16.5. The summed E-state index contributed by atoms with van der Waals surface area (Å²) in [5, 5.41) is 0. The molecular formula is C22H22O. The van der Waals surface area contributed by atoms with Gasteiger partial charge in [-0.15, -0.1) is 0 Å². The molecule has 0 atom stereocenters. The summed E-state index contributed by atoms with van der Waals surface area (Å²) >= 11 is 0. The number of ether oxygens (including phenoxy) is 1. The molecule has 0 fully saturated rings. The lowest BCUT2D eigenvalue weighted by Gasteiger charge is -2.14. The quantitative estimate of drug-likeness (QED) is 0.617. The van der Waals surface area contributed by atoms with E-state index in [0.29, 0.717) is 0 Å². The van der Waals surface area contributed by atoms with E-state index in [9.17, 15) is 0 Å². The molecule has 0 aliphatic carbocycles. The number of hydrogen-bond donors (Lipinski definition) is 0. The van der Waals surface area contributed by atoms with Gasteiger partial charge in [-0.3, -0.25) is 0 Å². The third-order valence-electron chi connectivity index (χ3n) is 4.20. The summed E-state index contributed by atoms with van der Waals surface area (Å²) in [6, 6.07) is 27.6. The maximum absolute atomic E-state index is 5.61. The summed E-state index contributed by atoms with van der Waals surface area (Å²) in [7, 11) is 1.75. The maximum atomic E-state index is 5.61. The van der Waals surface area contributed by atoms with Crippen LogP contribution in [0.3, 0.4) is 0 Å². The third-order valence-corrected chi connectivity index (χ3v) is 4.20. The lowest BCUT2D eigenvalue weighted by Crippen LogP contribution is -2.01. The van der Waals surface area contributed by atoms with Gasteiger partial charge in [0.05, 0.1) is 7.11 Å². The molecule has 0 bridgehead atoms. The van der Waals surface area contributed by atoms with Gasteiger partial charge in [-0.25, -0.2) is 0 Å². The Morgan fingerprint density at radius 1 is 0.652 bits per heavy atom. The fraction of sp³-hybridized carbons (Fsp3) is 0.182. The number of methoxy groups -OCH3 is 1. The molecule has 116 valence electrons. The summed E-state index contributed by atoms with van der Waals surface area (Å²) in [5.41, 5.74) is 5.37. The molecule has 0 heterocycles. The summed E-state index contributed by atoms with van der Waals surface area (Å²) < 4.78 is 5.61. The number of rotatable bonds is 6. The first-order valence-corrected chi connectivity index (χ1v) is 8.09. The summed E-state index contributed by atoms with van der Waals surface area (Å²) in [4.78, 5) is 0. The van der Waals surface area contributed by atoms with Crippen LogP contribution in [-0.2, 0) is 19.3 Å². The van der Waals surface area contributed by atoms with Crippen molar-refractivity contribution in [2.24, 2.45) is 0 Å². The van der Waals surface area contributed by atoms with E-state index < -0.39 is 0 Å². The molecule has 0 saturated heterocycles. The molecule has 3 aromatic rings. The van der Waals surface area contributed by atoms with Crippen LogP contribution in [0.4, 0.5) is 0 Å². The average Bonchev–Trinajstić information content (AvgIpc) is 2.62. The van der Waals surface area contributed by atoms with E-state index in [4.69, 9.17) is 4.74 Å². The Bertz CT molecular complexity index is 732. The summed E-state index contributed by atoms with van der Waals surface area (Å²) in [6.45, 7) is 0. The first kappa shape index (κ1) is 15.4. The molecule has 23 heavy (non-hydrogen) atoms. The summed E-state index contributed by atoms with van der Waals surface area (Å²) in [6.07, 6.45) is 2.99. The Balaban J connectivity index is 1.84. The summed E-state index contributed by atoms with van der Waals surface area (Å²) in [5.74, 6) is 0.986. The van der Waals surface area contributed by atoms with Gasteiger partial charge in [-0.05, 0) is 35.6 Å². The van der Waals surface area contributed by atoms with Gasteiger partial charge in [0.25, 0.3) is 0 Å². The molecule has 0 spiro atoms. The molecule has 0 aliphatic heterocycles. The largest absolute Gasteiger partial charge is 0.496 e. The highest BCUT2D eigenvalue weighted by Gasteiger charge is 2.10. The second kappa shape index (κ2) is 7.64. The Morgan fingerprint density at radius 3 is 1.96 bits per heavy atom. The van der Waals surface area contributed by atoms with Crippen molar-refractivity contribution in [1.29, 1.82) is 0 Å². The van der Waals surface area contributed by atoms with E-state index in [1.807, 2.05) is 0 Å². The molecule has 3 aromatic carbocycles. The fourth-order valence-electron chi connectivity index (χ4n) is 2.96. The minimum absolute atomic E-state index is 0.912. The van der Waals surface area contributed by atoms with Gasteiger partial charge in [-0.2, -0.15) is 0 Å². The zero-order chi connectivity index (χ0) is 15.9. The predicted octanol–water partition coefficient (Wildman–Crippen LogP) is 5.07. The van der Waals surface area contributed by atoms with E-state index in [0.717, 1.165) is 25.0 Å². The topological polar surface area (TPSA) is 9.23 Å². The van der Waals surface area contributed by atoms with Gasteiger partial charge in [-0.1, -0.05) is 72.8 Å². The van der Waals surface area contributed by atoms with Gasteiger partial charge >= 0.3 is 0 Å². The van der Waals surface area contributed by atoms with Gasteiger partial charge in [0.15, 0.2) is 0 Å². The molecular weight excluding hydrogens is 280 g/mol. The van der Waals surface area contributed by atoms with Crippen LogP contribution in [0.5, 0.6) is 5.75 Å². The predicted molar refractivity (Wildman–Crippen MR) is 96.1 cm³/mol. The SMILES string of the molecule is COc1cccc(CCc2ccccc2)c1Cc1ccccc1. The monoisotopic (exact) mass is 302 g/mol. The van der Waals surface area contributed by atoms with E-state index in [1.165, 1.54) is 22.3 Å². The van der Waals surface area contributed by atoms with Crippen molar-refractivity contribution in [1.82, 2.24) is 0 Å². The molecule has 3 rings (SSSR count). The van der Waals surface area contributed by atoms with Crippen LogP contribution >= 0.6 is 0 Å². The third kappa shape index (κ3) is 4.01. The van der Waals surface area contributed by atoms with E-state index in [2.05, 4.69) is 78.9 Å². The van der Waals surface area contributed by atoms with Crippen molar-refractivity contribution in [3.05, 3.63) is 101 Å². The highest BCUT2D eigenvalue weighted by Crippen LogP contribution is 2.26. The molecule has 0 radical (unpaired) electrons. The molecule has 0 amide bonds. The average molecular weight is 302 g/mol. The Labute approximate surface area is 138 Å². The standard InChI is InChI=1S/C22H22O/c1-23-22-14-8-13-20(16-15-18-9-4-2-5-10-18)21(22)17-19-11-6-3-7-12-19/h2-14H,15-17H2,1H3. The lowest BCUT2D eigenvalue weighted by atomic mass is 9.94. The Hall–Kier alpha value is -2.54. The van der Waals surface area contributed by atoms with Crippen molar-refractivity contribution in [3.63, 3.8) is 0 Å². The van der Waals surface area contributed by atoms with Crippen LogP contribution in [0, 0.1) is 0 Å². The van der Waals surface area contributed by atoms with Crippen molar-refractivity contribution >= 4 is 0 Å². The number of aryl methyl sites for hydroxylation is 2. The van der Waals surface area contributed by atoms with Crippen molar-refractivity contribution < 1.29 is 4.74 Å². The van der Waals surface area contributed by atoms with E-state index >= 15 is 0 Å². The Morgan fingerprint density at radius 2 is 1.30 bits per heavy atom. The second-order valence-corrected chi connectivity index (χ2v) is 5.75. The van der Waals surface area contributed by atoms with Crippen LogP contribution in [0.1, 0.15) is 22.3 Å². The first-order chi connectivity index (χ1) is 11.4. The molecule has 0 aliphatic rings. The highest BCUT2D eigenvalue weighted by molar-refractivity contribution is 5.44. The minimum atomic E-state index is 0.912. The van der Waals surface area contributed by atoms with E-state index in [1.54, 1.807) is 7.11 Å². The zero-order valence-corrected chi connectivity index (χ0v) is 13.5.